The fraction of sp³-hybridized carbons (Fsp3) is 0. The summed E-state index contributed by atoms with van der Waals surface area (Å²) >= 11 is 3.55. The first-order valence-corrected chi connectivity index (χ1v) is 18.6. The molecule has 0 radical (unpaired) electrons. The van der Waals surface area contributed by atoms with Crippen LogP contribution in [-0.4, -0.2) is 0 Å². The molecule has 0 aromatic heterocycles. The topological polar surface area (TPSA) is 54.1 Å². The summed E-state index contributed by atoms with van der Waals surface area (Å²) in [6, 6.07) is 59.5. The Balaban J connectivity index is 1.19. The first-order valence-electron chi connectivity index (χ1n) is 17.0. The number of anilines is 6. The van der Waals surface area contributed by atoms with E-state index in [1.54, 1.807) is 23.5 Å². The molecule has 2 aliphatic rings. The summed E-state index contributed by atoms with van der Waals surface area (Å²) in [6.07, 6.45) is 0. The van der Waals surface area contributed by atoms with Gasteiger partial charge in [-0.3, -0.25) is 0 Å². The molecular formula is C46H26N4S2. The van der Waals surface area contributed by atoms with Gasteiger partial charge in [-0.1, -0.05) is 121 Å². The number of hydrogen-bond donors (Lipinski definition) is 0. The molecule has 6 heteroatoms. The highest BCUT2D eigenvalue weighted by Gasteiger charge is 2.30. The van der Waals surface area contributed by atoms with Gasteiger partial charge < -0.3 is 9.80 Å². The molecule has 52 heavy (non-hydrogen) atoms. The summed E-state index contributed by atoms with van der Waals surface area (Å²) in [4.78, 5) is 9.12. The van der Waals surface area contributed by atoms with E-state index in [1.165, 1.54) is 15.7 Å². The molecule has 4 nitrogen and oxygen atoms in total. The van der Waals surface area contributed by atoms with E-state index in [2.05, 4.69) is 131 Å². The number of benzene rings is 8. The molecule has 0 saturated carbocycles. The molecule has 0 fully saturated rings. The second kappa shape index (κ2) is 12.1. The Hall–Kier alpha value is -6.44. The van der Waals surface area contributed by atoms with Gasteiger partial charge in [-0.2, -0.15) is 10.5 Å². The van der Waals surface area contributed by atoms with Gasteiger partial charge in [0.15, 0.2) is 0 Å². The zero-order valence-corrected chi connectivity index (χ0v) is 29.2. The minimum Gasteiger partial charge on any atom is -0.307 e. The first kappa shape index (κ1) is 30.4. The molecule has 242 valence electrons. The summed E-state index contributed by atoms with van der Waals surface area (Å²) < 4.78 is 0. The Labute approximate surface area is 309 Å². The maximum Gasteiger partial charge on any atom is 0.101 e. The molecule has 0 atom stereocenters. The maximum absolute atomic E-state index is 10.3. The molecule has 10 rings (SSSR count). The van der Waals surface area contributed by atoms with Crippen molar-refractivity contribution < 1.29 is 0 Å². The van der Waals surface area contributed by atoms with Gasteiger partial charge in [-0.05, 0) is 87.9 Å². The first-order chi connectivity index (χ1) is 25.7. The van der Waals surface area contributed by atoms with E-state index in [-0.39, 0.29) is 0 Å². The van der Waals surface area contributed by atoms with E-state index in [0.29, 0.717) is 11.1 Å². The van der Waals surface area contributed by atoms with Crippen LogP contribution in [0.3, 0.4) is 0 Å². The fourth-order valence-electron chi connectivity index (χ4n) is 7.59. The van der Waals surface area contributed by atoms with Crippen molar-refractivity contribution in [3.8, 4) is 23.3 Å². The second-order valence-corrected chi connectivity index (χ2v) is 14.9. The van der Waals surface area contributed by atoms with Gasteiger partial charge in [-0.25, -0.2) is 0 Å². The summed E-state index contributed by atoms with van der Waals surface area (Å²) in [5, 5.41) is 25.1. The van der Waals surface area contributed by atoms with Crippen molar-refractivity contribution in [3.63, 3.8) is 0 Å². The predicted molar refractivity (Wildman–Crippen MR) is 214 cm³/mol. The molecule has 0 spiro atoms. The lowest BCUT2D eigenvalue weighted by Gasteiger charge is -2.35. The number of nitriles is 2. The Morgan fingerprint density at radius 3 is 1.88 bits per heavy atom. The Morgan fingerprint density at radius 2 is 1.08 bits per heavy atom. The van der Waals surface area contributed by atoms with Crippen LogP contribution in [0.25, 0.3) is 32.7 Å². The lowest BCUT2D eigenvalue weighted by Crippen LogP contribution is -2.16. The van der Waals surface area contributed by atoms with Crippen molar-refractivity contribution in [3.05, 3.63) is 169 Å². The fourth-order valence-corrected chi connectivity index (χ4v) is 9.84. The van der Waals surface area contributed by atoms with E-state index in [1.807, 2.05) is 48.5 Å². The molecular weight excluding hydrogens is 673 g/mol. The highest BCUT2D eigenvalue weighted by Crippen LogP contribution is 2.57. The lowest BCUT2D eigenvalue weighted by atomic mass is 9.95. The summed E-state index contributed by atoms with van der Waals surface area (Å²) in [6.45, 7) is 0. The number of fused-ring (bicyclic) bond motifs is 8. The molecule has 2 aliphatic heterocycles. The van der Waals surface area contributed by atoms with Gasteiger partial charge in [-0.15, -0.1) is 0 Å². The van der Waals surface area contributed by atoms with E-state index in [4.69, 9.17) is 0 Å². The molecule has 0 bridgehead atoms. The third kappa shape index (κ3) is 4.63. The van der Waals surface area contributed by atoms with Gasteiger partial charge in [0.05, 0.1) is 45.3 Å². The van der Waals surface area contributed by atoms with Gasteiger partial charge >= 0.3 is 0 Å². The zero-order valence-electron chi connectivity index (χ0n) is 27.6. The van der Waals surface area contributed by atoms with Crippen molar-refractivity contribution in [2.24, 2.45) is 0 Å². The predicted octanol–water partition coefficient (Wildman–Crippen LogP) is 13.3. The third-order valence-corrected chi connectivity index (χ3v) is 12.2. The number of nitrogens with zero attached hydrogens (tertiary/aromatic N) is 4. The van der Waals surface area contributed by atoms with Crippen LogP contribution in [0.5, 0.6) is 0 Å². The average Bonchev–Trinajstić information content (AvgIpc) is 3.21. The molecule has 0 saturated heterocycles. The second-order valence-electron chi connectivity index (χ2n) is 12.7. The van der Waals surface area contributed by atoms with Gasteiger partial charge in [0.25, 0.3) is 0 Å². The van der Waals surface area contributed by atoms with Crippen LogP contribution in [-0.2, 0) is 0 Å². The van der Waals surface area contributed by atoms with Crippen LogP contribution in [0.4, 0.5) is 34.1 Å². The molecule has 0 unspecified atom stereocenters. The van der Waals surface area contributed by atoms with Crippen LogP contribution in [0, 0.1) is 22.7 Å². The van der Waals surface area contributed by atoms with Crippen LogP contribution in [0.1, 0.15) is 11.1 Å². The molecule has 8 aromatic rings. The van der Waals surface area contributed by atoms with Crippen molar-refractivity contribution >= 4 is 79.2 Å². The van der Waals surface area contributed by atoms with Crippen LogP contribution in [0.15, 0.2) is 177 Å². The Morgan fingerprint density at radius 1 is 0.423 bits per heavy atom. The number of rotatable bonds is 3. The number of hydrogen-bond acceptors (Lipinski definition) is 6. The summed E-state index contributed by atoms with van der Waals surface area (Å²) in [7, 11) is 0. The van der Waals surface area contributed by atoms with E-state index < -0.39 is 0 Å². The average molecular weight is 699 g/mol. The van der Waals surface area contributed by atoms with Crippen molar-refractivity contribution in [2.75, 3.05) is 9.80 Å². The SMILES string of the molecule is N#Cc1ccccc1N1c2cc(-c3cccc4c5c(ccc34)Sc3ccccc3N5c3ccccc3C#N)ccc2Sc2c1ccc1ccccc21. The minimum absolute atomic E-state index is 0.622. The summed E-state index contributed by atoms with van der Waals surface area (Å²) in [5.41, 5.74) is 9.40. The Bertz CT molecular complexity index is 2870. The molecule has 2 heterocycles. The van der Waals surface area contributed by atoms with E-state index in [0.717, 1.165) is 70.7 Å². The van der Waals surface area contributed by atoms with Gasteiger partial charge in [0.1, 0.15) is 12.1 Å². The van der Waals surface area contributed by atoms with Gasteiger partial charge in [0, 0.05) is 25.0 Å². The van der Waals surface area contributed by atoms with Crippen molar-refractivity contribution in [2.45, 2.75) is 19.6 Å². The molecule has 0 amide bonds. The van der Waals surface area contributed by atoms with Crippen LogP contribution < -0.4 is 9.80 Å². The van der Waals surface area contributed by atoms with E-state index in [9.17, 15) is 10.5 Å². The highest BCUT2D eigenvalue weighted by atomic mass is 32.2. The zero-order chi connectivity index (χ0) is 34.8. The smallest absolute Gasteiger partial charge is 0.101 e. The summed E-state index contributed by atoms with van der Waals surface area (Å²) in [5.74, 6) is 0. The quantitative estimate of drug-likeness (QED) is 0.183. The minimum atomic E-state index is 0.622. The standard InChI is InChI=1S/C46H26N4S2/c47-27-31-11-2-5-16-37(31)49-40-23-20-29-10-1-4-13-34(29)46(40)52-43-24-21-30(26-41(43)49)33-14-9-15-36-35(33)22-25-44-45(36)50(38-17-6-3-12-32(38)28-48)39-18-7-8-19-42(39)51-44/h1-26H. The van der Waals surface area contributed by atoms with Crippen molar-refractivity contribution in [1.29, 1.82) is 10.5 Å². The molecule has 0 N–H and O–H groups in total. The van der Waals surface area contributed by atoms with Crippen molar-refractivity contribution in [1.82, 2.24) is 0 Å². The lowest BCUT2D eigenvalue weighted by molar-refractivity contribution is 1.17. The monoisotopic (exact) mass is 698 g/mol. The maximum atomic E-state index is 10.3. The molecule has 0 aliphatic carbocycles. The van der Waals surface area contributed by atoms with Gasteiger partial charge in [0.2, 0.25) is 0 Å². The van der Waals surface area contributed by atoms with Crippen LogP contribution in [0.2, 0.25) is 0 Å². The molecule has 8 aromatic carbocycles. The van der Waals surface area contributed by atoms with E-state index >= 15 is 0 Å². The number of para-hydroxylation sites is 3. The highest BCUT2D eigenvalue weighted by molar-refractivity contribution is 8.00. The van der Waals surface area contributed by atoms with Crippen LogP contribution >= 0.6 is 23.5 Å². The largest absolute Gasteiger partial charge is 0.307 e. The normalized spacial score (nSPS) is 12.7. The third-order valence-electron chi connectivity index (χ3n) is 9.90. The Kier molecular flexibility index (Phi) is 7.08.